The molecule has 3 rings (SSSR count). The molecule has 0 radical (unpaired) electrons. The van der Waals surface area contributed by atoms with Crippen LogP contribution in [0.2, 0.25) is 0 Å². The Bertz CT molecular complexity index is 724. The molecule has 0 atom stereocenters. The number of rotatable bonds is 4. The Hall–Kier alpha value is -1.45. The summed E-state index contributed by atoms with van der Waals surface area (Å²) in [5.74, 6) is 0.406. The molecule has 2 fully saturated rings. The number of aryl methyl sites for hydroxylation is 2. The van der Waals surface area contributed by atoms with Crippen LogP contribution in [-0.4, -0.2) is 72.3 Å². The van der Waals surface area contributed by atoms with Gasteiger partial charge in [-0.05, 0) is 32.6 Å². The molecule has 0 N–H and O–H groups in total. The molecule has 0 bridgehead atoms. The smallest absolute Gasteiger partial charge is 0.282 e. The van der Waals surface area contributed by atoms with E-state index in [1.807, 2.05) is 6.92 Å². The summed E-state index contributed by atoms with van der Waals surface area (Å²) >= 11 is 0. The van der Waals surface area contributed by atoms with Gasteiger partial charge in [-0.25, -0.2) is 0 Å². The summed E-state index contributed by atoms with van der Waals surface area (Å²) in [4.78, 5) is 14.6. The van der Waals surface area contributed by atoms with Gasteiger partial charge in [-0.2, -0.15) is 17.0 Å². The van der Waals surface area contributed by atoms with E-state index < -0.39 is 10.2 Å². The second kappa shape index (κ2) is 7.43. The van der Waals surface area contributed by atoms with Gasteiger partial charge in [0, 0.05) is 39.3 Å². The maximum Gasteiger partial charge on any atom is 0.282 e. The Kier molecular flexibility index (Phi) is 5.45. The first kappa shape index (κ1) is 18.3. The van der Waals surface area contributed by atoms with Crippen molar-refractivity contribution in [1.82, 2.24) is 18.7 Å². The molecule has 2 aliphatic rings. The number of hydrogen-bond acceptors (Lipinski definition) is 5. The summed E-state index contributed by atoms with van der Waals surface area (Å²) in [7, 11) is -3.41. The predicted molar refractivity (Wildman–Crippen MR) is 92.4 cm³/mol. The number of hydrogen-bond donors (Lipinski definition) is 0. The van der Waals surface area contributed by atoms with E-state index in [2.05, 4.69) is 5.16 Å². The van der Waals surface area contributed by atoms with Gasteiger partial charge in [-0.3, -0.25) is 4.79 Å². The number of nitrogens with zero attached hydrogens (tertiary/aromatic N) is 4. The molecule has 140 valence electrons. The zero-order chi connectivity index (χ0) is 18.0. The van der Waals surface area contributed by atoms with Crippen molar-refractivity contribution >= 4 is 16.1 Å². The third-order valence-electron chi connectivity index (χ3n) is 4.94. The SMILES string of the molecule is CCc1noc(C)c1C(=O)N1CCCN(S(=O)(=O)N2CCCC2)CC1. The highest BCUT2D eigenvalue weighted by atomic mass is 32.2. The van der Waals surface area contributed by atoms with Crippen molar-refractivity contribution in [3.63, 3.8) is 0 Å². The molecule has 0 unspecified atom stereocenters. The first-order valence-corrected chi connectivity index (χ1v) is 10.3. The number of amides is 1. The summed E-state index contributed by atoms with van der Waals surface area (Å²) in [5, 5.41) is 3.94. The second-order valence-electron chi connectivity index (χ2n) is 6.57. The Labute approximate surface area is 148 Å². The maximum atomic E-state index is 12.9. The molecule has 1 amide bonds. The van der Waals surface area contributed by atoms with Gasteiger partial charge >= 0.3 is 0 Å². The van der Waals surface area contributed by atoms with Crippen LogP contribution in [0.3, 0.4) is 0 Å². The Morgan fingerprint density at radius 2 is 1.68 bits per heavy atom. The van der Waals surface area contributed by atoms with E-state index in [1.165, 1.54) is 4.31 Å². The highest BCUT2D eigenvalue weighted by Gasteiger charge is 2.34. The van der Waals surface area contributed by atoms with Crippen molar-refractivity contribution in [2.75, 3.05) is 39.3 Å². The monoisotopic (exact) mass is 370 g/mol. The highest BCUT2D eigenvalue weighted by Crippen LogP contribution is 2.21. The lowest BCUT2D eigenvalue weighted by Gasteiger charge is -2.26. The van der Waals surface area contributed by atoms with Gasteiger partial charge in [0.25, 0.3) is 16.1 Å². The third-order valence-corrected chi connectivity index (χ3v) is 6.98. The van der Waals surface area contributed by atoms with Crippen LogP contribution in [0.5, 0.6) is 0 Å². The van der Waals surface area contributed by atoms with Crippen LogP contribution in [0.1, 0.15) is 48.0 Å². The minimum Gasteiger partial charge on any atom is -0.361 e. The van der Waals surface area contributed by atoms with Crippen molar-refractivity contribution in [2.24, 2.45) is 0 Å². The molecule has 3 heterocycles. The van der Waals surface area contributed by atoms with Crippen LogP contribution >= 0.6 is 0 Å². The highest BCUT2D eigenvalue weighted by molar-refractivity contribution is 7.86. The lowest BCUT2D eigenvalue weighted by atomic mass is 10.1. The van der Waals surface area contributed by atoms with Gasteiger partial charge in [-0.15, -0.1) is 0 Å². The average Bonchev–Trinajstić information content (AvgIpc) is 3.18. The fourth-order valence-electron chi connectivity index (χ4n) is 3.50. The third kappa shape index (κ3) is 3.58. The van der Waals surface area contributed by atoms with Crippen LogP contribution in [0.25, 0.3) is 0 Å². The fraction of sp³-hybridized carbons (Fsp3) is 0.750. The maximum absolute atomic E-state index is 12.9. The molecule has 1 aromatic heterocycles. The molecule has 0 aromatic carbocycles. The lowest BCUT2D eigenvalue weighted by Crippen LogP contribution is -2.44. The van der Waals surface area contributed by atoms with E-state index in [9.17, 15) is 13.2 Å². The molecule has 0 aliphatic carbocycles. The van der Waals surface area contributed by atoms with E-state index in [1.54, 1.807) is 16.1 Å². The van der Waals surface area contributed by atoms with E-state index in [-0.39, 0.29) is 5.91 Å². The van der Waals surface area contributed by atoms with Crippen LogP contribution in [0, 0.1) is 6.92 Å². The van der Waals surface area contributed by atoms with E-state index in [0.29, 0.717) is 69.1 Å². The van der Waals surface area contributed by atoms with Crippen LogP contribution in [0.4, 0.5) is 0 Å². The van der Waals surface area contributed by atoms with E-state index in [0.717, 1.165) is 12.8 Å². The van der Waals surface area contributed by atoms with Gasteiger partial charge in [0.05, 0.1) is 5.69 Å². The van der Waals surface area contributed by atoms with Crippen molar-refractivity contribution < 1.29 is 17.7 Å². The summed E-state index contributed by atoms with van der Waals surface area (Å²) < 4.78 is 33.7. The lowest BCUT2D eigenvalue weighted by molar-refractivity contribution is 0.0761. The first-order chi connectivity index (χ1) is 11.9. The normalized spacial score (nSPS) is 20.8. The largest absolute Gasteiger partial charge is 0.361 e. The van der Waals surface area contributed by atoms with E-state index >= 15 is 0 Å². The number of carbonyl (C=O) groups is 1. The molecule has 2 aliphatic heterocycles. The van der Waals surface area contributed by atoms with E-state index in [4.69, 9.17) is 4.52 Å². The van der Waals surface area contributed by atoms with Crippen molar-refractivity contribution in [1.29, 1.82) is 0 Å². The fourth-order valence-corrected chi connectivity index (χ4v) is 5.22. The predicted octanol–water partition coefficient (Wildman–Crippen LogP) is 1.03. The molecule has 25 heavy (non-hydrogen) atoms. The van der Waals surface area contributed by atoms with Crippen LogP contribution < -0.4 is 0 Å². The first-order valence-electron chi connectivity index (χ1n) is 8.94. The number of aromatic nitrogens is 1. The summed E-state index contributed by atoms with van der Waals surface area (Å²) in [6.45, 7) is 6.57. The summed E-state index contributed by atoms with van der Waals surface area (Å²) in [6, 6.07) is 0. The molecule has 8 nitrogen and oxygen atoms in total. The van der Waals surface area contributed by atoms with Gasteiger partial charge in [-0.1, -0.05) is 12.1 Å². The Balaban J connectivity index is 1.71. The molecule has 9 heteroatoms. The van der Waals surface area contributed by atoms with Gasteiger partial charge in [0.15, 0.2) is 0 Å². The molecule has 2 saturated heterocycles. The summed E-state index contributed by atoms with van der Waals surface area (Å²) in [6.07, 6.45) is 3.10. The zero-order valence-electron chi connectivity index (χ0n) is 14.9. The molecular formula is C16H26N4O4S. The van der Waals surface area contributed by atoms with Crippen LogP contribution in [-0.2, 0) is 16.6 Å². The average molecular weight is 370 g/mol. The number of carbonyl (C=O) groups excluding carboxylic acids is 1. The van der Waals surface area contributed by atoms with Gasteiger partial charge in [0.2, 0.25) is 0 Å². The topological polar surface area (TPSA) is 87.0 Å². The molecule has 0 spiro atoms. The standard InChI is InChI=1S/C16H26N4O4S/c1-3-14-15(13(2)24-17-14)16(21)18-7-6-10-20(12-11-18)25(22,23)19-8-4-5-9-19/h3-12H2,1-2H3. The molecule has 1 aromatic rings. The molecular weight excluding hydrogens is 344 g/mol. The minimum atomic E-state index is -3.41. The Morgan fingerprint density at radius 3 is 2.36 bits per heavy atom. The second-order valence-corrected chi connectivity index (χ2v) is 8.50. The van der Waals surface area contributed by atoms with Crippen molar-refractivity contribution in [2.45, 2.75) is 39.5 Å². The zero-order valence-corrected chi connectivity index (χ0v) is 15.7. The van der Waals surface area contributed by atoms with Crippen LogP contribution in [0.15, 0.2) is 4.52 Å². The van der Waals surface area contributed by atoms with Crippen molar-refractivity contribution in [3.05, 3.63) is 17.0 Å². The quantitative estimate of drug-likeness (QED) is 0.790. The minimum absolute atomic E-state index is 0.115. The van der Waals surface area contributed by atoms with Gasteiger partial charge in [0.1, 0.15) is 11.3 Å². The van der Waals surface area contributed by atoms with Crippen molar-refractivity contribution in [3.8, 4) is 0 Å². The summed E-state index contributed by atoms with van der Waals surface area (Å²) in [5.41, 5.74) is 1.19. The molecule has 0 saturated carbocycles. The van der Waals surface area contributed by atoms with Gasteiger partial charge < -0.3 is 9.42 Å². The Morgan fingerprint density at radius 1 is 1.04 bits per heavy atom.